The third-order valence-corrected chi connectivity index (χ3v) is 7.41. The topological polar surface area (TPSA) is 86.7 Å². The van der Waals surface area contributed by atoms with Gasteiger partial charge in [-0.1, -0.05) is 72.8 Å². The van der Waals surface area contributed by atoms with Gasteiger partial charge in [-0.3, -0.25) is 0 Å². The maximum absolute atomic E-state index is 12.6. The van der Waals surface area contributed by atoms with Crippen LogP contribution in [0.1, 0.15) is 0 Å². The van der Waals surface area contributed by atoms with Gasteiger partial charge in [-0.25, -0.2) is 0 Å². The van der Waals surface area contributed by atoms with E-state index in [9.17, 15) is 43.2 Å². The number of alkyl halides is 6. The largest absolute Gasteiger partial charge is 0.534 e. The summed E-state index contributed by atoms with van der Waals surface area (Å²) in [6.45, 7) is 0. The molecule has 0 radical (unpaired) electrons. The molecule has 0 bridgehead atoms. The predicted molar refractivity (Wildman–Crippen MR) is 134 cm³/mol. The van der Waals surface area contributed by atoms with Crippen LogP contribution in [0.3, 0.4) is 0 Å². The molecular weight excluding hydrogens is 586 g/mol. The van der Waals surface area contributed by atoms with Crippen LogP contribution in [0.15, 0.2) is 97.1 Å². The van der Waals surface area contributed by atoms with E-state index in [2.05, 4.69) is 8.37 Å². The molecule has 4 aromatic carbocycles. The van der Waals surface area contributed by atoms with Crippen LogP contribution in [-0.2, 0) is 20.2 Å². The summed E-state index contributed by atoms with van der Waals surface area (Å²) < 4.78 is 129. The first-order chi connectivity index (χ1) is 18.6. The fraction of sp³-hybridized carbons (Fsp3) is 0.0769. The molecule has 4 aromatic rings. The van der Waals surface area contributed by atoms with Gasteiger partial charge in [0.1, 0.15) is 11.5 Å². The van der Waals surface area contributed by atoms with Crippen molar-refractivity contribution in [3.8, 4) is 44.9 Å². The van der Waals surface area contributed by atoms with Crippen molar-refractivity contribution >= 4 is 20.2 Å². The highest BCUT2D eigenvalue weighted by molar-refractivity contribution is 7.88. The van der Waals surface area contributed by atoms with Gasteiger partial charge in [0.05, 0.1) is 0 Å². The normalized spacial score (nSPS) is 12.7. The van der Waals surface area contributed by atoms with Crippen molar-refractivity contribution in [1.82, 2.24) is 0 Å². The summed E-state index contributed by atoms with van der Waals surface area (Å²) in [5.41, 5.74) is -7.57. The van der Waals surface area contributed by atoms with Crippen molar-refractivity contribution in [2.75, 3.05) is 0 Å². The second kappa shape index (κ2) is 10.5. The smallest absolute Gasteiger partial charge is 0.376 e. The van der Waals surface area contributed by atoms with Gasteiger partial charge in [-0.15, -0.1) is 0 Å². The van der Waals surface area contributed by atoms with E-state index in [0.29, 0.717) is 33.4 Å². The van der Waals surface area contributed by atoms with E-state index >= 15 is 0 Å². The first kappa shape index (κ1) is 29.0. The summed E-state index contributed by atoms with van der Waals surface area (Å²) in [5.74, 6) is -1.07. The van der Waals surface area contributed by atoms with E-state index in [1.54, 1.807) is 48.5 Å². The molecule has 0 aromatic heterocycles. The molecule has 14 heteroatoms. The quantitative estimate of drug-likeness (QED) is 0.127. The van der Waals surface area contributed by atoms with E-state index in [1.165, 1.54) is 24.3 Å². The monoisotopic (exact) mass is 602 g/mol. The summed E-state index contributed by atoms with van der Waals surface area (Å²) in [5, 5.41) is 0. The molecule has 0 aliphatic rings. The van der Waals surface area contributed by atoms with Crippen molar-refractivity contribution in [3.05, 3.63) is 97.1 Å². The summed E-state index contributed by atoms with van der Waals surface area (Å²) in [7, 11) is -11.7. The fourth-order valence-electron chi connectivity index (χ4n) is 3.67. The fourth-order valence-corrected chi connectivity index (χ4v) is 4.59. The average molecular weight is 603 g/mol. The highest BCUT2D eigenvalue weighted by atomic mass is 32.2. The second-order valence-corrected chi connectivity index (χ2v) is 11.2. The Morgan fingerprint density at radius 2 is 0.700 bits per heavy atom. The number of hydrogen-bond donors (Lipinski definition) is 0. The molecule has 0 spiro atoms. The number of hydrogen-bond acceptors (Lipinski definition) is 6. The molecule has 40 heavy (non-hydrogen) atoms. The molecule has 0 saturated heterocycles. The lowest BCUT2D eigenvalue weighted by molar-refractivity contribution is -0.0504. The van der Waals surface area contributed by atoms with Crippen LogP contribution in [0.2, 0.25) is 0 Å². The zero-order chi connectivity index (χ0) is 29.3. The molecule has 0 N–H and O–H groups in total. The van der Waals surface area contributed by atoms with Crippen LogP contribution >= 0.6 is 0 Å². The van der Waals surface area contributed by atoms with Gasteiger partial charge in [-0.2, -0.15) is 43.2 Å². The Morgan fingerprint density at radius 3 is 0.975 bits per heavy atom. The minimum atomic E-state index is -5.83. The van der Waals surface area contributed by atoms with E-state index in [0.717, 1.165) is 24.3 Å². The van der Waals surface area contributed by atoms with Crippen LogP contribution in [0.25, 0.3) is 33.4 Å². The molecule has 0 atom stereocenters. The van der Waals surface area contributed by atoms with Crippen LogP contribution in [0, 0.1) is 0 Å². The zero-order valence-corrected chi connectivity index (χ0v) is 21.4. The number of benzene rings is 4. The van der Waals surface area contributed by atoms with Crippen LogP contribution in [0.4, 0.5) is 26.3 Å². The molecule has 0 aliphatic heterocycles. The number of rotatable bonds is 7. The Balaban J connectivity index is 1.68. The van der Waals surface area contributed by atoms with Crippen molar-refractivity contribution in [3.63, 3.8) is 0 Å². The van der Waals surface area contributed by atoms with Crippen molar-refractivity contribution in [2.24, 2.45) is 0 Å². The maximum atomic E-state index is 12.6. The lowest BCUT2D eigenvalue weighted by Gasteiger charge is -2.15. The van der Waals surface area contributed by atoms with Crippen molar-refractivity contribution in [2.45, 2.75) is 11.0 Å². The summed E-state index contributed by atoms with van der Waals surface area (Å²) in [6, 6.07) is 23.7. The zero-order valence-electron chi connectivity index (χ0n) is 19.8. The Labute approximate surface area is 224 Å². The van der Waals surface area contributed by atoms with Crippen LogP contribution < -0.4 is 8.37 Å². The van der Waals surface area contributed by atoms with E-state index in [4.69, 9.17) is 0 Å². The Bertz CT molecular complexity index is 1600. The average Bonchev–Trinajstić information content (AvgIpc) is 2.88. The Kier molecular flexibility index (Phi) is 7.60. The molecule has 0 amide bonds. The SMILES string of the molecule is O=S(=O)(Oc1ccc(-c2ccccc2-c2ccccc2-c2ccc(OS(=O)(=O)C(F)(F)F)cc2)cc1)C(F)(F)F. The summed E-state index contributed by atoms with van der Waals surface area (Å²) in [4.78, 5) is 0. The Hall–Kier alpha value is -4.04. The van der Waals surface area contributed by atoms with E-state index in [-0.39, 0.29) is 0 Å². The molecule has 6 nitrogen and oxygen atoms in total. The van der Waals surface area contributed by atoms with Crippen LogP contribution in [-0.4, -0.2) is 27.9 Å². The first-order valence-electron chi connectivity index (χ1n) is 11.0. The van der Waals surface area contributed by atoms with Gasteiger partial charge < -0.3 is 8.37 Å². The summed E-state index contributed by atoms with van der Waals surface area (Å²) >= 11 is 0. The van der Waals surface area contributed by atoms with Gasteiger partial charge in [0, 0.05) is 0 Å². The van der Waals surface area contributed by atoms with Gasteiger partial charge in [-0.05, 0) is 57.6 Å². The van der Waals surface area contributed by atoms with Gasteiger partial charge >= 0.3 is 31.3 Å². The standard InChI is InChI=1S/C26H16F6O6S2/c27-25(28,29)39(33,34)37-19-13-9-17(10-14-19)21-5-1-3-7-23(21)24-8-4-2-6-22(24)18-11-15-20(16-12-18)38-40(35,36)26(30,31)32/h1-16H. The van der Waals surface area contributed by atoms with Gasteiger partial charge in [0.15, 0.2) is 0 Å². The molecule has 0 fully saturated rings. The number of halogens is 6. The molecule has 0 unspecified atom stereocenters. The van der Waals surface area contributed by atoms with Crippen molar-refractivity contribution < 1.29 is 51.5 Å². The molecule has 0 saturated carbocycles. The van der Waals surface area contributed by atoms with Crippen molar-refractivity contribution in [1.29, 1.82) is 0 Å². The first-order valence-corrected chi connectivity index (χ1v) is 13.8. The van der Waals surface area contributed by atoms with Gasteiger partial charge in [0.2, 0.25) is 0 Å². The Morgan fingerprint density at radius 1 is 0.425 bits per heavy atom. The minimum absolute atomic E-state index is 0.517. The van der Waals surface area contributed by atoms with Gasteiger partial charge in [0.25, 0.3) is 0 Å². The minimum Gasteiger partial charge on any atom is -0.376 e. The third kappa shape index (κ3) is 6.07. The second-order valence-electron chi connectivity index (χ2n) is 8.11. The third-order valence-electron chi connectivity index (χ3n) is 5.45. The van der Waals surface area contributed by atoms with Crippen LogP contribution in [0.5, 0.6) is 11.5 Å². The summed E-state index contributed by atoms with van der Waals surface area (Å²) in [6.07, 6.45) is 0. The lowest BCUT2D eigenvalue weighted by Crippen LogP contribution is -2.28. The van der Waals surface area contributed by atoms with E-state index in [1.807, 2.05) is 0 Å². The van der Waals surface area contributed by atoms with E-state index < -0.39 is 42.8 Å². The highest BCUT2D eigenvalue weighted by Gasteiger charge is 2.49. The molecule has 0 aliphatic carbocycles. The lowest BCUT2D eigenvalue weighted by atomic mass is 9.89. The predicted octanol–water partition coefficient (Wildman–Crippen LogP) is 7.14. The molecule has 210 valence electrons. The maximum Gasteiger partial charge on any atom is 0.534 e. The molecule has 4 rings (SSSR count). The molecular formula is C26H16F6O6S2. The molecule has 0 heterocycles. The highest BCUT2D eigenvalue weighted by Crippen LogP contribution is 2.39.